The summed E-state index contributed by atoms with van der Waals surface area (Å²) >= 11 is 0. The Bertz CT molecular complexity index is 770. The smallest absolute Gasteiger partial charge is 0.331 e. The van der Waals surface area contributed by atoms with Crippen LogP contribution in [0, 0.1) is 5.82 Å². The maximum Gasteiger partial charge on any atom is 0.331 e. The maximum atomic E-state index is 13.4. The number of hydrogen-bond donors (Lipinski definition) is 0. The molecule has 0 unspecified atom stereocenters. The van der Waals surface area contributed by atoms with E-state index < -0.39 is 34.3 Å². The van der Waals surface area contributed by atoms with Gasteiger partial charge < -0.3 is 9.64 Å². The topological polar surface area (TPSA) is 84.0 Å². The van der Waals surface area contributed by atoms with Crippen molar-refractivity contribution in [3.05, 3.63) is 41.7 Å². The number of piperazine rings is 1. The second-order valence-electron chi connectivity index (χ2n) is 5.51. The predicted molar refractivity (Wildman–Crippen MR) is 89.4 cm³/mol. The summed E-state index contributed by atoms with van der Waals surface area (Å²) in [6.45, 7) is 0.472. The number of benzene rings is 1. The Balaban J connectivity index is 1.78. The number of carbonyl (C=O) groups is 2. The van der Waals surface area contributed by atoms with Gasteiger partial charge in [0.1, 0.15) is 5.82 Å². The molecule has 9 heteroatoms. The third-order valence-electron chi connectivity index (χ3n) is 3.70. The molecule has 0 N–H and O–H groups in total. The minimum atomic E-state index is -3.27. The van der Waals surface area contributed by atoms with E-state index in [4.69, 9.17) is 4.74 Å². The number of halogens is 1. The molecule has 0 saturated carbocycles. The Labute approximate surface area is 145 Å². The summed E-state index contributed by atoms with van der Waals surface area (Å²) in [7, 11) is -3.27. The summed E-state index contributed by atoms with van der Waals surface area (Å²) < 4.78 is 42.4. The predicted octanol–water partition coefficient (Wildman–Crippen LogP) is 0.486. The average molecular weight is 370 g/mol. The second-order valence-corrected chi connectivity index (χ2v) is 7.49. The molecular weight excluding hydrogens is 351 g/mol. The van der Waals surface area contributed by atoms with E-state index in [1.165, 1.54) is 33.5 Å². The fourth-order valence-electron chi connectivity index (χ4n) is 2.31. The van der Waals surface area contributed by atoms with E-state index in [2.05, 4.69) is 0 Å². The van der Waals surface area contributed by atoms with Gasteiger partial charge in [-0.05, 0) is 12.1 Å². The molecule has 0 aliphatic carbocycles. The van der Waals surface area contributed by atoms with E-state index in [1.807, 2.05) is 0 Å². The van der Waals surface area contributed by atoms with Gasteiger partial charge in [-0.2, -0.15) is 4.31 Å². The number of rotatable bonds is 5. The quantitative estimate of drug-likeness (QED) is 0.556. The van der Waals surface area contributed by atoms with Gasteiger partial charge >= 0.3 is 5.97 Å². The highest BCUT2D eigenvalue weighted by molar-refractivity contribution is 7.88. The lowest BCUT2D eigenvalue weighted by atomic mass is 10.2. The third kappa shape index (κ3) is 5.64. The van der Waals surface area contributed by atoms with Gasteiger partial charge in [0.05, 0.1) is 6.26 Å². The molecule has 1 aliphatic rings. The number of carbonyl (C=O) groups excluding carboxylic acids is 2. The van der Waals surface area contributed by atoms with Crippen molar-refractivity contribution in [1.82, 2.24) is 9.21 Å². The van der Waals surface area contributed by atoms with Crippen molar-refractivity contribution in [2.24, 2.45) is 0 Å². The molecular formula is C16H19FN2O5S. The van der Waals surface area contributed by atoms with Crippen molar-refractivity contribution < 1.29 is 27.1 Å². The summed E-state index contributed by atoms with van der Waals surface area (Å²) in [5.41, 5.74) is 0.239. The molecule has 0 radical (unpaired) electrons. The monoisotopic (exact) mass is 370 g/mol. The number of esters is 1. The van der Waals surface area contributed by atoms with Gasteiger partial charge in [0, 0.05) is 37.8 Å². The van der Waals surface area contributed by atoms with E-state index in [0.717, 1.165) is 12.3 Å². The van der Waals surface area contributed by atoms with Crippen LogP contribution in [0.1, 0.15) is 5.56 Å². The first-order valence-electron chi connectivity index (χ1n) is 7.59. The van der Waals surface area contributed by atoms with Crippen LogP contribution in [0.25, 0.3) is 6.08 Å². The highest BCUT2D eigenvalue weighted by Gasteiger charge is 2.26. The standard InChI is InChI=1S/C16H19FN2O5S/c1-25(22,23)19-10-8-18(9-11-19)15(20)12-24-16(21)7-6-13-4-2-3-5-14(13)17/h2-7H,8-12H2,1H3/b7-6+. The van der Waals surface area contributed by atoms with Crippen LogP contribution in [0.15, 0.2) is 30.3 Å². The zero-order chi connectivity index (χ0) is 18.4. The molecule has 1 saturated heterocycles. The maximum absolute atomic E-state index is 13.4. The van der Waals surface area contributed by atoms with Crippen molar-refractivity contribution in [2.45, 2.75) is 0 Å². The van der Waals surface area contributed by atoms with Gasteiger partial charge in [0.2, 0.25) is 10.0 Å². The lowest BCUT2D eigenvalue weighted by Crippen LogP contribution is -2.51. The molecule has 1 aromatic rings. The molecule has 1 fully saturated rings. The fourth-order valence-corrected chi connectivity index (χ4v) is 3.14. The highest BCUT2D eigenvalue weighted by atomic mass is 32.2. The molecule has 1 heterocycles. The van der Waals surface area contributed by atoms with Gasteiger partial charge in [0.25, 0.3) is 5.91 Å². The van der Waals surface area contributed by atoms with Gasteiger partial charge in [-0.15, -0.1) is 0 Å². The molecule has 0 aromatic heterocycles. The van der Waals surface area contributed by atoms with Gasteiger partial charge in [0.15, 0.2) is 6.61 Å². The molecule has 136 valence electrons. The number of amides is 1. The normalized spacial score (nSPS) is 16.2. The Kier molecular flexibility index (Phi) is 6.27. The van der Waals surface area contributed by atoms with Crippen LogP contribution >= 0.6 is 0 Å². The minimum Gasteiger partial charge on any atom is -0.452 e. The summed E-state index contributed by atoms with van der Waals surface area (Å²) in [5, 5.41) is 0. The molecule has 0 spiro atoms. The molecule has 7 nitrogen and oxygen atoms in total. The first-order valence-corrected chi connectivity index (χ1v) is 9.44. The van der Waals surface area contributed by atoms with E-state index in [-0.39, 0.29) is 31.7 Å². The highest BCUT2D eigenvalue weighted by Crippen LogP contribution is 2.09. The minimum absolute atomic E-state index is 0.214. The van der Waals surface area contributed by atoms with E-state index in [9.17, 15) is 22.4 Å². The zero-order valence-corrected chi connectivity index (χ0v) is 14.5. The average Bonchev–Trinajstić information content (AvgIpc) is 2.58. The van der Waals surface area contributed by atoms with Crippen molar-refractivity contribution in [1.29, 1.82) is 0 Å². The first kappa shape index (κ1) is 19.1. The molecule has 1 amide bonds. The van der Waals surface area contributed by atoms with Gasteiger partial charge in [-0.25, -0.2) is 17.6 Å². The molecule has 0 atom stereocenters. The SMILES string of the molecule is CS(=O)(=O)N1CCN(C(=O)COC(=O)/C=C/c2ccccc2F)CC1. The van der Waals surface area contributed by atoms with Crippen molar-refractivity contribution in [2.75, 3.05) is 39.0 Å². The number of nitrogens with zero attached hydrogens (tertiary/aromatic N) is 2. The van der Waals surface area contributed by atoms with Crippen LogP contribution in [0.2, 0.25) is 0 Å². The van der Waals surface area contributed by atoms with E-state index in [1.54, 1.807) is 6.07 Å². The molecule has 1 aromatic carbocycles. The van der Waals surface area contributed by atoms with Crippen LogP contribution in [0.5, 0.6) is 0 Å². The zero-order valence-electron chi connectivity index (χ0n) is 13.7. The lowest BCUT2D eigenvalue weighted by Gasteiger charge is -2.33. The van der Waals surface area contributed by atoms with Crippen LogP contribution in [0.3, 0.4) is 0 Å². The second kappa shape index (κ2) is 8.21. The van der Waals surface area contributed by atoms with Crippen LogP contribution in [0.4, 0.5) is 4.39 Å². The van der Waals surface area contributed by atoms with Crippen LogP contribution < -0.4 is 0 Å². The molecule has 1 aliphatic heterocycles. The number of hydrogen-bond acceptors (Lipinski definition) is 5. The Morgan fingerprint density at radius 1 is 1.20 bits per heavy atom. The third-order valence-corrected chi connectivity index (χ3v) is 5.01. The van der Waals surface area contributed by atoms with Crippen LogP contribution in [-0.4, -0.2) is 68.5 Å². The number of ether oxygens (including phenoxy) is 1. The molecule has 25 heavy (non-hydrogen) atoms. The largest absolute Gasteiger partial charge is 0.452 e. The number of sulfonamides is 1. The van der Waals surface area contributed by atoms with Crippen molar-refractivity contribution in [3.63, 3.8) is 0 Å². The van der Waals surface area contributed by atoms with E-state index >= 15 is 0 Å². The Hall–Kier alpha value is -2.26. The summed E-state index contributed by atoms with van der Waals surface area (Å²) in [4.78, 5) is 25.0. The van der Waals surface area contributed by atoms with Crippen LogP contribution in [-0.2, 0) is 24.3 Å². The van der Waals surface area contributed by atoms with Gasteiger partial charge in [-0.3, -0.25) is 4.79 Å². The summed E-state index contributed by atoms with van der Waals surface area (Å²) in [6.07, 6.45) is 3.44. The lowest BCUT2D eigenvalue weighted by molar-refractivity contribution is -0.148. The summed E-state index contributed by atoms with van der Waals surface area (Å²) in [5.74, 6) is -1.63. The fraction of sp³-hybridized carbons (Fsp3) is 0.375. The van der Waals surface area contributed by atoms with Crippen molar-refractivity contribution >= 4 is 28.0 Å². The molecule has 2 rings (SSSR count). The summed E-state index contributed by atoms with van der Waals surface area (Å²) in [6, 6.07) is 5.94. The first-order chi connectivity index (χ1) is 11.8. The van der Waals surface area contributed by atoms with Crippen molar-refractivity contribution in [3.8, 4) is 0 Å². The Morgan fingerprint density at radius 3 is 2.44 bits per heavy atom. The van der Waals surface area contributed by atoms with E-state index in [0.29, 0.717) is 0 Å². The Morgan fingerprint density at radius 2 is 1.84 bits per heavy atom. The van der Waals surface area contributed by atoms with Gasteiger partial charge in [-0.1, -0.05) is 18.2 Å². The molecule has 0 bridgehead atoms.